The molecule has 0 spiro atoms. The fourth-order valence-corrected chi connectivity index (χ4v) is 12.6. The molecular formula is C24H29Br2N3O6Sn. The molecule has 2 heterocycles. The fraction of sp³-hybridized carbons (Fsp3) is 0.417. The van der Waals surface area contributed by atoms with Gasteiger partial charge < -0.3 is 0 Å². The molecule has 2 aromatic heterocycles. The molecule has 0 aliphatic rings. The number of halogens is 2. The van der Waals surface area contributed by atoms with E-state index in [1.165, 1.54) is 6.07 Å². The van der Waals surface area contributed by atoms with Gasteiger partial charge >= 0.3 is 132 Å². The molecule has 0 atom stereocenters. The first-order valence-corrected chi connectivity index (χ1v) is 28.5. The summed E-state index contributed by atoms with van der Waals surface area (Å²) >= 11 is 4.02. The number of unbranched alkanes of at least 4 members (excludes halogenated alkanes) is 2. The predicted octanol–water partition coefficient (Wildman–Crippen LogP) is 6.60. The number of ether oxygens (including phenoxy) is 2. The molecule has 1 aromatic carbocycles. The van der Waals surface area contributed by atoms with Gasteiger partial charge in [-0.2, -0.15) is 0 Å². The van der Waals surface area contributed by atoms with Gasteiger partial charge in [0, 0.05) is 23.8 Å². The number of non-ortho nitro benzene ring substituents is 1. The van der Waals surface area contributed by atoms with Crippen LogP contribution in [0.3, 0.4) is 0 Å². The van der Waals surface area contributed by atoms with E-state index < -0.39 is 18.9 Å². The molecule has 0 fully saturated rings. The fourth-order valence-electron chi connectivity index (χ4n) is 3.16. The number of nitro benzene ring substituents is 1. The number of fused-ring (bicyclic) bond motifs is 3. The number of carbonyl (C=O) groups is 2. The zero-order chi connectivity index (χ0) is 26.6. The second kappa shape index (κ2) is 15.4. The van der Waals surface area contributed by atoms with Crippen LogP contribution in [0.25, 0.3) is 21.8 Å². The molecule has 12 heteroatoms. The maximum Gasteiger partial charge on any atom is 0.279 e. The van der Waals surface area contributed by atoms with E-state index in [-0.39, 0.29) is 17.6 Å². The van der Waals surface area contributed by atoms with Crippen LogP contribution in [-0.2, 0) is 19.1 Å². The number of carbonyl (C=O) groups excluding carboxylic acids is 2. The molecule has 3 aromatic rings. The van der Waals surface area contributed by atoms with Crippen molar-refractivity contribution in [1.29, 1.82) is 0 Å². The van der Waals surface area contributed by atoms with Gasteiger partial charge in [0.2, 0.25) is 0 Å². The van der Waals surface area contributed by atoms with Crippen molar-refractivity contribution < 1.29 is 24.0 Å². The second-order valence-electron chi connectivity index (χ2n) is 7.99. The van der Waals surface area contributed by atoms with Gasteiger partial charge in [0.25, 0.3) is 5.69 Å². The Labute approximate surface area is 225 Å². The molecule has 0 aliphatic heterocycles. The summed E-state index contributed by atoms with van der Waals surface area (Å²) in [7, 11) is 0. The maximum atomic E-state index is 11.6. The van der Waals surface area contributed by atoms with Gasteiger partial charge in [0.15, 0.2) is 0 Å². The Bertz CT molecular complexity index is 1170. The van der Waals surface area contributed by atoms with E-state index in [9.17, 15) is 19.7 Å². The molecule has 9 nitrogen and oxygen atoms in total. The number of nitrogens with zero attached hydrogens (tertiary/aromatic N) is 3. The summed E-state index contributed by atoms with van der Waals surface area (Å²) in [4.78, 5) is 42.2. The number of benzene rings is 1. The van der Waals surface area contributed by atoms with Gasteiger partial charge in [-0.15, -0.1) is 0 Å². The first-order valence-electron chi connectivity index (χ1n) is 11.6. The van der Waals surface area contributed by atoms with Crippen molar-refractivity contribution in [1.82, 2.24) is 9.97 Å². The number of aromatic nitrogens is 2. The van der Waals surface area contributed by atoms with Crippen molar-refractivity contribution in [3.05, 3.63) is 52.8 Å². The Morgan fingerprint density at radius 2 is 1.47 bits per heavy atom. The third-order valence-electron chi connectivity index (χ3n) is 4.96. The number of hydrogen-bond acceptors (Lipinski definition) is 8. The maximum absolute atomic E-state index is 11.6. The van der Waals surface area contributed by atoms with Crippen molar-refractivity contribution in [2.24, 2.45) is 0 Å². The van der Waals surface area contributed by atoms with Crippen LogP contribution in [-0.4, -0.2) is 54.0 Å². The minimum absolute atomic E-state index is 0.0635. The number of pyridine rings is 2. The normalized spacial score (nSPS) is 11.0. The van der Waals surface area contributed by atoms with E-state index in [0.717, 1.165) is 31.1 Å². The minimum Gasteiger partial charge on any atom is -0.258 e. The Balaban J connectivity index is 0.000000254. The molecule has 36 heavy (non-hydrogen) atoms. The minimum atomic E-state index is -3.04. The van der Waals surface area contributed by atoms with Crippen molar-refractivity contribution in [3.8, 4) is 0 Å². The SMILES string of the molecule is CCCCOC(=O)[CH2][Sn]([Br])([Br])[CH2]C(=O)OCCCC.O=[N+]([O-])c1cc2cccnc2c2ncccc12. The molecule has 194 valence electrons. The Kier molecular flexibility index (Phi) is 13.0. The number of rotatable bonds is 11. The van der Waals surface area contributed by atoms with Crippen LogP contribution in [0.4, 0.5) is 5.69 Å². The van der Waals surface area contributed by atoms with Crippen molar-refractivity contribution in [2.45, 2.75) is 48.4 Å². The molecule has 0 bridgehead atoms. The Hall–Kier alpha value is -1.86. The monoisotopic (exact) mass is 733 g/mol. The largest absolute Gasteiger partial charge is 0.279 e. The third kappa shape index (κ3) is 9.89. The summed E-state index contributed by atoms with van der Waals surface area (Å²) in [6, 6.07) is 8.45. The number of esters is 2. The van der Waals surface area contributed by atoms with Crippen LogP contribution in [0.2, 0.25) is 8.87 Å². The second-order valence-corrected chi connectivity index (χ2v) is 42.4. The van der Waals surface area contributed by atoms with E-state index in [0.29, 0.717) is 38.5 Å². The van der Waals surface area contributed by atoms with Crippen LogP contribution < -0.4 is 0 Å². The predicted molar refractivity (Wildman–Crippen MR) is 149 cm³/mol. The van der Waals surface area contributed by atoms with Crippen LogP contribution >= 0.6 is 25.4 Å². The first kappa shape index (κ1) is 30.4. The average molecular weight is 734 g/mol. The smallest absolute Gasteiger partial charge is 0.258 e. The quantitative estimate of drug-likeness (QED) is 0.0540. The molecule has 0 radical (unpaired) electrons. The summed E-state index contributed by atoms with van der Waals surface area (Å²) in [5, 5.41) is 12.3. The molecular weight excluding hydrogens is 705 g/mol. The molecule has 0 amide bonds. The van der Waals surface area contributed by atoms with Crippen molar-refractivity contribution in [2.75, 3.05) is 13.2 Å². The topological polar surface area (TPSA) is 122 Å². The van der Waals surface area contributed by atoms with E-state index in [1.54, 1.807) is 36.7 Å². The average Bonchev–Trinajstić information content (AvgIpc) is 2.83. The van der Waals surface area contributed by atoms with Gasteiger partial charge in [-0.05, 0) is 18.2 Å². The van der Waals surface area contributed by atoms with Gasteiger partial charge in [-0.25, -0.2) is 0 Å². The summed E-state index contributed by atoms with van der Waals surface area (Å²) < 4.78 is 10.8. The summed E-state index contributed by atoms with van der Waals surface area (Å²) in [5.74, 6) is -0.473. The summed E-state index contributed by atoms with van der Waals surface area (Å²) in [6.07, 6.45) is 7.00. The molecule has 3 rings (SSSR count). The molecule has 0 saturated carbocycles. The van der Waals surface area contributed by atoms with Crippen LogP contribution in [0, 0.1) is 10.1 Å². The van der Waals surface area contributed by atoms with Gasteiger partial charge in [-0.3, -0.25) is 20.1 Å². The van der Waals surface area contributed by atoms with Crippen molar-refractivity contribution in [3.63, 3.8) is 0 Å². The number of nitro groups is 1. The van der Waals surface area contributed by atoms with Crippen LogP contribution in [0.5, 0.6) is 0 Å². The number of hydrogen-bond donors (Lipinski definition) is 0. The van der Waals surface area contributed by atoms with E-state index >= 15 is 0 Å². The van der Waals surface area contributed by atoms with E-state index in [4.69, 9.17) is 9.47 Å². The van der Waals surface area contributed by atoms with E-state index in [1.807, 2.05) is 13.8 Å². The Morgan fingerprint density at radius 1 is 0.944 bits per heavy atom. The van der Waals surface area contributed by atoms with Gasteiger partial charge in [0.05, 0.1) is 15.8 Å². The zero-order valence-electron chi connectivity index (χ0n) is 20.2. The standard InChI is InChI=1S/C12H7N3O2.2C6H11O2.2BrH.Sn/c16-15(17)10-7-8-3-1-5-13-11(8)12-9(10)4-2-6-14-12;2*1-3-4-5-8-6(2)7;;;/h1-7H;2*2-5H2,1H3;2*1H;/q;;;;;+2/p-2. The van der Waals surface area contributed by atoms with E-state index in [2.05, 4.69) is 35.4 Å². The molecule has 0 aliphatic carbocycles. The van der Waals surface area contributed by atoms with Crippen LogP contribution in [0.15, 0.2) is 42.7 Å². The van der Waals surface area contributed by atoms with Gasteiger partial charge in [0.1, 0.15) is 5.52 Å². The summed E-state index contributed by atoms with van der Waals surface area (Å²) in [6.45, 7) is 4.99. The van der Waals surface area contributed by atoms with Gasteiger partial charge in [-0.1, -0.05) is 6.07 Å². The third-order valence-corrected chi connectivity index (χ3v) is 17.1. The Morgan fingerprint density at radius 3 is 2.00 bits per heavy atom. The zero-order valence-corrected chi connectivity index (χ0v) is 26.3. The molecule has 0 saturated heterocycles. The van der Waals surface area contributed by atoms with Crippen LogP contribution in [0.1, 0.15) is 39.5 Å². The summed E-state index contributed by atoms with van der Waals surface area (Å²) in [5.41, 5.74) is 1.32. The molecule has 0 unspecified atom stereocenters. The molecule has 0 N–H and O–H groups in total. The first-order chi connectivity index (χ1) is 17.2. The van der Waals surface area contributed by atoms with Crippen molar-refractivity contribution >= 4 is 78.8 Å².